The number of aliphatic carboxylic acids is 1. The Balaban J connectivity index is 2.54. The molecule has 0 aromatic heterocycles. The molecular formula is C21H28O3Si. The Morgan fingerprint density at radius 3 is 1.80 bits per heavy atom. The second kappa shape index (κ2) is 7.98. The van der Waals surface area contributed by atoms with E-state index < -0.39 is 14.3 Å². The van der Waals surface area contributed by atoms with E-state index in [-0.39, 0.29) is 17.6 Å². The molecule has 2 rings (SSSR count). The topological polar surface area (TPSA) is 46.5 Å². The zero-order valence-electron chi connectivity index (χ0n) is 15.5. The van der Waals surface area contributed by atoms with Crippen molar-refractivity contribution in [3.05, 3.63) is 60.7 Å². The number of carboxylic acids is 1. The van der Waals surface area contributed by atoms with Gasteiger partial charge in [-0.2, -0.15) is 0 Å². The first-order valence-corrected chi connectivity index (χ1v) is 10.7. The molecule has 0 amide bonds. The van der Waals surface area contributed by atoms with Crippen LogP contribution in [0, 0.1) is 0 Å². The standard InChI is InChI=1S/C21H28O3Si/c1-17(15-16-20(22)23)24-25(21(2,3)4,18-11-7-5-8-12-18)19-13-9-6-10-14-19/h5-14,17H,15-16H2,1-4H3,(H,22,23). The third-order valence-electron chi connectivity index (χ3n) is 4.56. The molecule has 0 spiro atoms. The Morgan fingerprint density at radius 1 is 1.00 bits per heavy atom. The molecule has 2 aromatic carbocycles. The van der Waals surface area contributed by atoms with E-state index in [1.165, 1.54) is 10.4 Å². The summed E-state index contributed by atoms with van der Waals surface area (Å²) in [6.45, 7) is 8.66. The molecular weight excluding hydrogens is 328 g/mol. The molecule has 4 heteroatoms. The maximum atomic E-state index is 11.0. The van der Waals surface area contributed by atoms with Gasteiger partial charge in [-0.3, -0.25) is 4.79 Å². The molecule has 25 heavy (non-hydrogen) atoms. The molecule has 0 bridgehead atoms. The number of hydrogen-bond acceptors (Lipinski definition) is 2. The minimum absolute atomic E-state index is 0.0901. The summed E-state index contributed by atoms with van der Waals surface area (Å²) in [6, 6.07) is 20.8. The first-order chi connectivity index (χ1) is 11.8. The molecule has 134 valence electrons. The second-order valence-corrected chi connectivity index (χ2v) is 11.8. The van der Waals surface area contributed by atoms with Crippen molar-refractivity contribution in [2.75, 3.05) is 0 Å². The maximum Gasteiger partial charge on any atom is 0.303 e. The fourth-order valence-electron chi connectivity index (χ4n) is 3.38. The summed E-state index contributed by atoms with van der Waals surface area (Å²) in [7, 11) is -2.58. The third kappa shape index (κ3) is 4.38. The predicted molar refractivity (Wildman–Crippen MR) is 105 cm³/mol. The SMILES string of the molecule is CC(CCC(=O)O)O[Si](c1ccccc1)(c1ccccc1)C(C)(C)C. The van der Waals surface area contributed by atoms with E-state index in [2.05, 4.69) is 69.3 Å². The van der Waals surface area contributed by atoms with Crippen LogP contribution in [0.3, 0.4) is 0 Å². The minimum atomic E-state index is -2.58. The van der Waals surface area contributed by atoms with E-state index in [0.29, 0.717) is 6.42 Å². The van der Waals surface area contributed by atoms with Gasteiger partial charge in [0.05, 0.1) is 0 Å². The molecule has 3 nitrogen and oxygen atoms in total. The van der Waals surface area contributed by atoms with Crippen LogP contribution >= 0.6 is 0 Å². The summed E-state index contributed by atoms with van der Waals surface area (Å²) in [4.78, 5) is 11.0. The van der Waals surface area contributed by atoms with Gasteiger partial charge in [-0.25, -0.2) is 0 Å². The van der Waals surface area contributed by atoms with Gasteiger partial charge in [0.2, 0.25) is 0 Å². The largest absolute Gasteiger partial charge is 0.481 e. The first-order valence-electron chi connectivity index (χ1n) is 8.78. The summed E-state index contributed by atoms with van der Waals surface area (Å²) in [5.41, 5.74) is 0. The van der Waals surface area contributed by atoms with Crippen molar-refractivity contribution < 1.29 is 14.3 Å². The molecule has 0 fully saturated rings. The monoisotopic (exact) mass is 356 g/mol. The lowest BCUT2D eigenvalue weighted by Crippen LogP contribution is -2.67. The van der Waals surface area contributed by atoms with Crippen LogP contribution in [0.4, 0.5) is 0 Å². The Morgan fingerprint density at radius 2 is 1.44 bits per heavy atom. The van der Waals surface area contributed by atoms with Crippen molar-refractivity contribution in [2.45, 2.75) is 51.7 Å². The highest BCUT2D eigenvalue weighted by molar-refractivity contribution is 6.99. The lowest BCUT2D eigenvalue weighted by atomic mass is 10.2. The van der Waals surface area contributed by atoms with E-state index in [1.54, 1.807) is 0 Å². The highest BCUT2D eigenvalue weighted by Crippen LogP contribution is 2.37. The van der Waals surface area contributed by atoms with Gasteiger partial charge in [-0.05, 0) is 28.8 Å². The highest BCUT2D eigenvalue weighted by Gasteiger charge is 2.50. The number of rotatable bonds is 7. The molecule has 0 radical (unpaired) electrons. The number of benzene rings is 2. The van der Waals surface area contributed by atoms with Crippen LogP contribution in [0.15, 0.2) is 60.7 Å². The number of carboxylic acid groups (broad SMARTS) is 1. The lowest BCUT2D eigenvalue weighted by Gasteiger charge is -2.44. The van der Waals surface area contributed by atoms with Gasteiger partial charge in [0, 0.05) is 12.5 Å². The summed E-state index contributed by atoms with van der Waals surface area (Å²) < 4.78 is 6.80. The summed E-state index contributed by atoms with van der Waals surface area (Å²) in [5, 5.41) is 11.4. The Labute approximate surface area is 151 Å². The van der Waals surface area contributed by atoms with Crippen LogP contribution in [-0.2, 0) is 9.22 Å². The Bertz CT molecular complexity index is 638. The van der Waals surface area contributed by atoms with Crippen LogP contribution in [0.2, 0.25) is 5.04 Å². The van der Waals surface area contributed by atoms with Gasteiger partial charge in [-0.1, -0.05) is 81.4 Å². The van der Waals surface area contributed by atoms with Crippen LogP contribution in [0.5, 0.6) is 0 Å². The molecule has 1 unspecified atom stereocenters. The van der Waals surface area contributed by atoms with Gasteiger partial charge in [0.25, 0.3) is 8.32 Å². The molecule has 1 N–H and O–H groups in total. The Kier molecular flexibility index (Phi) is 6.19. The molecule has 0 saturated heterocycles. The molecule has 0 aliphatic heterocycles. The minimum Gasteiger partial charge on any atom is -0.481 e. The van der Waals surface area contributed by atoms with Crippen molar-refractivity contribution in [1.29, 1.82) is 0 Å². The van der Waals surface area contributed by atoms with Gasteiger partial charge >= 0.3 is 5.97 Å². The number of carbonyl (C=O) groups is 1. The maximum absolute atomic E-state index is 11.0. The van der Waals surface area contributed by atoms with E-state index in [9.17, 15) is 4.79 Å². The zero-order chi connectivity index (χ0) is 18.5. The third-order valence-corrected chi connectivity index (χ3v) is 9.72. The first kappa shape index (κ1) is 19.4. The van der Waals surface area contributed by atoms with Gasteiger partial charge in [0.1, 0.15) is 0 Å². The zero-order valence-corrected chi connectivity index (χ0v) is 16.5. The molecule has 0 aliphatic carbocycles. The van der Waals surface area contributed by atoms with Crippen LogP contribution in [-0.4, -0.2) is 25.5 Å². The fourth-order valence-corrected chi connectivity index (χ4v) is 8.11. The fraction of sp³-hybridized carbons (Fsp3) is 0.381. The lowest BCUT2D eigenvalue weighted by molar-refractivity contribution is -0.137. The van der Waals surface area contributed by atoms with E-state index in [1.807, 2.05) is 19.1 Å². The Hall–Kier alpha value is -1.91. The second-order valence-electron chi connectivity index (χ2n) is 7.52. The molecule has 0 saturated carbocycles. The smallest absolute Gasteiger partial charge is 0.303 e. The van der Waals surface area contributed by atoms with Crippen molar-refractivity contribution in [2.24, 2.45) is 0 Å². The van der Waals surface area contributed by atoms with Crippen molar-refractivity contribution in [3.8, 4) is 0 Å². The van der Waals surface area contributed by atoms with Gasteiger partial charge < -0.3 is 9.53 Å². The molecule has 1 atom stereocenters. The van der Waals surface area contributed by atoms with Gasteiger partial charge in [-0.15, -0.1) is 0 Å². The van der Waals surface area contributed by atoms with Crippen LogP contribution in [0.25, 0.3) is 0 Å². The van der Waals surface area contributed by atoms with Crippen molar-refractivity contribution >= 4 is 24.7 Å². The average Bonchev–Trinajstić information content (AvgIpc) is 2.58. The van der Waals surface area contributed by atoms with E-state index >= 15 is 0 Å². The highest BCUT2D eigenvalue weighted by atomic mass is 28.4. The van der Waals surface area contributed by atoms with E-state index in [4.69, 9.17) is 9.53 Å². The van der Waals surface area contributed by atoms with Crippen LogP contribution < -0.4 is 10.4 Å². The van der Waals surface area contributed by atoms with E-state index in [0.717, 1.165) is 0 Å². The number of hydrogen-bond donors (Lipinski definition) is 1. The molecule has 0 aliphatic rings. The summed E-state index contributed by atoms with van der Waals surface area (Å²) in [5.74, 6) is -0.780. The molecule has 2 aromatic rings. The molecule has 0 heterocycles. The van der Waals surface area contributed by atoms with Crippen molar-refractivity contribution in [3.63, 3.8) is 0 Å². The average molecular weight is 357 g/mol. The normalized spacial score (nSPS) is 13.4. The van der Waals surface area contributed by atoms with Crippen molar-refractivity contribution in [1.82, 2.24) is 0 Å². The van der Waals surface area contributed by atoms with Gasteiger partial charge in [0.15, 0.2) is 0 Å². The quantitative estimate of drug-likeness (QED) is 0.767. The summed E-state index contributed by atoms with van der Waals surface area (Å²) in [6.07, 6.45) is 0.515. The summed E-state index contributed by atoms with van der Waals surface area (Å²) >= 11 is 0. The van der Waals surface area contributed by atoms with Crippen LogP contribution in [0.1, 0.15) is 40.5 Å². The predicted octanol–water partition coefficient (Wildman–Crippen LogP) is 3.82.